The van der Waals surface area contributed by atoms with E-state index in [0.29, 0.717) is 16.8 Å². The molecular weight excluding hydrogens is 416 g/mol. The molecular formula is C23H16N2O5S. The zero-order chi connectivity index (χ0) is 22.0. The molecule has 0 spiro atoms. The van der Waals surface area contributed by atoms with Crippen LogP contribution >= 0.6 is 11.8 Å². The molecule has 0 aliphatic carbocycles. The smallest absolute Gasteiger partial charge is 0.336 e. The van der Waals surface area contributed by atoms with Crippen molar-refractivity contribution in [2.45, 2.75) is 4.90 Å². The molecule has 0 atom stereocenters. The first-order chi connectivity index (χ1) is 15.0. The van der Waals surface area contributed by atoms with Crippen molar-refractivity contribution in [3.63, 3.8) is 0 Å². The molecule has 0 radical (unpaired) electrons. The number of nitrogens with one attached hydrogen (secondary N) is 1. The lowest BCUT2D eigenvalue weighted by Crippen LogP contribution is -2.29. The highest BCUT2D eigenvalue weighted by Gasteiger charge is 2.34. The number of amides is 3. The number of carboxylic acids is 1. The molecule has 7 nitrogen and oxygen atoms in total. The third-order valence-electron chi connectivity index (χ3n) is 4.75. The Morgan fingerprint density at radius 1 is 0.806 bits per heavy atom. The topological polar surface area (TPSA) is 104 Å². The summed E-state index contributed by atoms with van der Waals surface area (Å²) in [6.45, 7) is 0. The standard InChI is InChI=1S/C23H16N2O5S/c26-20(16-5-1-4-8-19(16)23(29)30)24-14-9-11-15(12-10-14)31-13-25-21(27)17-6-2-3-7-18(17)22(25)28/h1-12H,13H2,(H,24,26)(H,29,30). The maximum atomic E-state index is 12.4. The Bertz CT molecular complexity index is 1170. The van der Waals surface area contributed by atoms with Crippen LogP contribution in [0.15, 0.2) is 77.7 Å². The summed E-state index contributed by atoms with van der Waals surface area (Å²) in [7, 11) is 0. The second-order valence-corrected chi connectivity index (χ2v) is 7.70. The summed E-state index contributed by atoms with van der Waals surface area (Å²) >= 11 is 1.32. The zero-order valence-corrected chi connectivity index (χ0v) is 16.9. The maximum absolute atomic E-state index is 12.4. The monoisotopic (exact) mass is 432 g/mol. The van der Waals surface area contributed by atoms with Gasteiger partial charge in [-0.2, -0.15) is 0 Å². The van der Waals surface area contributed by atoms with Gasteiger partial charge in [-0.15, -0.1) is 11.8 Å². The van der Waals surface area contributed by atoms with Crippen LogP contribution < -0.4 is 5.32 Å². The molecule has 0 saturated heterocycles. The van der Waals surface area contributed by atoms with Crippen molar-refractivity contribution in [2.24, 2.45) is 0 Å². The molecule has 0 unspecified atom stereocenters. The Balaban J connectivity index is 1.40. The minimum Gasteiger partial charge on any atom is -0.478 e. The number of imide groups is 1. The number of fused-ring (bicyclic) bond motifs is 1. The molecule has 31 heavy (non-hydrogen) atoms. The highest BCUT2D eigenvalue weighted by molar-refractivity contribution is 7.99. The normalized spacial score (nSPS) is 12.6. The Hall–Kier alpha value is -3.91. The molecule has 8 heteroatoms. The van der Waals surface area contributed by atoms with Gasteiger partial charge in [0.1, 0.15) is 0 Å². The van der Waals surface area contributed by atoms with Crippen LogP contribution in [-0.4, -0.2) is 39.6 Å². The van der Waals surface area contributed by atoms with Crippen LogP contribution in [0.25, 0.3) is 0 Å². The molecule has 4 rings (SSSR count). The van der Waals surface area contributed by atoms with Gasteiger partial charge >= 0.3 is 5.97 Å². The van der Waals surface area contributed by atoms with E-state index in [1.807, 2.05) is 0 Å². The van der Waals surface area contributed by atoms with E-state index in [-0.39, 0.29) is 28.8 Å². The van der Waals surface area contributed by atoms with Gasteiger partial charge in [-0.05, 0) is 48.5 Å². The number of hydrogen-bond donors (Lipinski definition) is 2. The van der Waals surface area contributed by atoms with Gasteiger partial charge in [-0.25, -0.2) is 4.79 Å². The molecule has 3 aromatic carbocycles. The maximum Gasteiger partial charge on any atom is 0.336 e. The van der Waals surface area contributed by atoms with E-state index in [2.05, 4.69) is 5.32 Å². The summed E-state index contributed by atoms with van der Waals surface area (Å²) in [4.78, 5) is 50.6. The number of carbonyl (C=O) groups excluding carboxylic acids is 3. The van der Waals surface area contributed by atoms with E-state index in [1.165, 1.54) is 28.8 Å². The van der Waals surface area contributed by atoms with Crippen LogP contribution in [0.3, 0.4) is 0 Å². The lowest BCUT2D eigenvalue weighted by molar-refractivity contribution is 0.0675. The highest BCUT2D eigenvalue weighted by Crippen LogP contribution is 2.27. The van der Waals surface area contributed by atoms with E-state index < -0.39 is 11.9 Å². The summed E-state index contributed by atoms with van der Waals surface area (Å²) in [5, 5.41) is 11.9. The van der Waals surface area contributed by atoms with Crippen molar-refractivity contribution in [2.75, 3.05) is 11.2 Å². The third-order valence-corrected chi connectivity index (χ3v) is 5.75. The van der Waals surface area contributed by atoms with Crippen LogP contribution in [0.4, 0.5) is 5.69 Å². The van der Waals surface area contributed by atoms with Crippen molar-refractivity contribution in [1.29, 1.82) is 0 Å². The van der Waals surface area contributed by atoms with Crippen LogP contribution in [0.5, 0.6) is 0 Å². The Labute approximate surface area is 181 Å². The average Bonchev–Trinajstić information content (AvgIpc) is 3.03. The molecule has 0 aromatic heterocycles. The van der Waals surface area contributed by atoms with Gasteiger partial charge in [-0.1, -0.05) is 24.3 Å². The minimum absolute atomic E-state index is 0.0686. The molecule has 1 heterocycles. The molecule has 3 aromatic rings. The number of carbonyl (C=O) groups is 4. The van der Waals surface area contributed by atoms with Gasteiger partial charge in [0, 0.05) is 10.6 Å². The van der Waals surface area contributed by atoms with E-state index in [9.17, 15) is 24.3 Å². The zero-order valence-electron chi connectivity index (χ0n) is 16.1. The SMILES string of the molecule is O=C(O)c1ccccc1C(=O)Nc1ccc(SCN2C(=O)c3ccccc3C2=O)cc1. The third kappa shape index (κ3) is 4.06. The van der Waals surface area contributed by atoms with Crippen molar-refractivity contribution in [3.8, 4) is 0 Å². The predicted octanol–water partition coefficient (Wildman–Crippen LogP) is 3.98. The first-order valence-electron chi connectivity index (χ1n) is 9.27. The lowest BCUT2D eigenvalue weighted by atomic mass is 10.1. The number of benzene rings is 3. The van der Waals surface area contributed by atoms with E-state index in [0.717, 1.165) is 4.90 Å². The number of thioether (sulfide) groups is 1. The molecule has 1 aliphatic rings. The molecule has 1 aliphatic heterocycles. The summed E-state index contributed by atoms with van der Waals surface area (Å²) in [5.74, 6) is -2.15. The molecule has 0 fully saturated rings. The number of nitrogens with zero attached hydrogens (tertiary/aromatic N) is 1. The quantitative estimate of drug-likeness (QED) is 0.451. The van der Waals surface area contributed by atoms with E-state index in [1.54, 1.807) is 60.7 Å². The Kier molecular flexibility index (Phi) is 5.55. The lowest BCUT2D eigenvalue weighted by Gasteiger charge is -2.13. The van der Waals surface area contributed by atoms with E-state index >= 15 is 0 Å². The Morgan fingerprint density at radius 3 is 1.94 bits per heavy atom. The van der Waals surface area contributed by atoms with Gasteiger partial charge in [0.05, 0.1) is 28.1 Å². The van der Waals surface area contributed by atoms with Gasteiger partial charge in [0.25, 0.3) is 17.7 Å². The summed E-state index contributed by atoms with van der Waals surface area (Å²) < 4.78 is 0. The van der Waals surface area contributed by atoms with E-state index in [4.69, 9.17) is 0 Å². The first kappa shape index (κ1) is 20.4. The van der Waals surface area contributed by atoms with Crippen molar-refractivity contribution in [1.82, 2.24) is 4.90 Å². The second kappa shape index (κ2) is 8.45. The first-order valence-corrected chi connectivity index (χ1v) is 10.3. The fourth-order valence-electron chi connectivity index (χ4n) is 3.20. The van der Waals surface area contributed by atoms with Gasteiger partial charge in [0.15, 0.2) is 0 Å². The van der Waals surface area contributed by atoms with Crippen LogP contribution in [0.1, 0.15) is 41.4 Å². The molecule has 154 valence electrons. The highest BCUT2D eigenvalue weighted by atomic mass is 32.2. The Morgan fingerprint density at radius 2 is 1.35 bits per heavy atom. The van der Waals surface area contributed by atoms with Crippen molar-refractivity contribution >= 4 is 41.1 Å². The largest absolute Gasteiger partial charge is 0.478 e. The summed E-state index contributed by atoms with van der Waals surface area (Å²) in [6.07, 6.45) is 0. The van der Waals surface area contributed by atoms with Crippen molar-refractivity contribution in [3.05, 3.63) is 95.1 Å². The number of carboxylic acid groups (broad SMARTS) is 1. The predicted molar refractivity (Wildman–Crippen MR) is 115 cm³/mol. The summed E-state index contributed by atoms with van der Waals surface area (Å²) in [6, 6.07) is 19.6. The van der Waals surface area contributed by atoms with Crippen LogP contribution in [0.2, 0.25) is 0 Å². The summed E-state index contributed by atoms with van der Waals surface area (Å²) in [5.41, 5.74) is 1.31. The van der Waals surface area contributed by atoms with Gasteiger partial charge in [-0.3, -0.25) is 19.3 Å². The molecule has 0 bridgehead atoms. The van der Waals surface area contributed by atoms with Crippen LogP contribution in [0, 0.1) is 0 Å². The van der Waals surface area contributed by atoms with Gasteiger partial charge in [0.2, 0.25) is 0 Å². The van der Waals surface area contributed by atoms with Crippen LogP contribution in [-0.2, 0) is 0 Å². The molecule has 3 amide bonds. The number of hydrogen-bond acceptors (Lipinski definition) is 5. The molecule has 0 saturated carbocycles. The number of aromatic carboxylic acids is 1. The number of rotatable bonds is 6. The van der Waals surface area contributed by atoms with Crippen molar-refractivity contribution < 1.29 is 24.3 Å². The van der Waals surface area contributed by atoms with Gasteiger partial charge < -0.3 is 10.4 Å². The number of anilines is 1. The minimum atomic E-state index is -1.18. The second-order valence-electron chi connectivity index (χ2n) is 6.69. The average molecular weight is 432 g/mol. The fraction of sp³-hybridized carbons (Fsp3) is 0.0435. The fourth-order valence-corrected chi connectivity index (χ4v) is 4.04. The molecule has 2 N–H and O–H groups in total.